The van der Waals surface area contributed by atoms with Gasteiger partial charge in [0.2, 0.25) is 0 Å². The summed E-state index contributed by atoms with van der Waals surface area (Å²) in [5.74, 6) is 0. The Balaban J connectivity index is 1.21. The van der Waals surface area contributed by atoms with E-state index in [1.807, 2.05) is 24.3 Å². The summed E-state index contributed by atoms with van der Waals surface area (Å²) in [5.41, 5.74) is 11.1. The zero-order valence-electron chi connectivity index (χ0n) is 25.3. The first-order chi connectivity index (χ1) is 23.3. The molecule has 4 heterocycles. The third kappa shape index (κ3) is 3.98. The first-order valence-corrected chi connectivity index (χ1v) is 15.9. The predicted octanol–water partition coefficient (Wildman–Crippen LogP) is 10.9. The molecular formula is C43H26N4. The number of para-hydroxylation sites is 1. The predicted molar refractivity (Wildman–Crippen MR) is 195 cm³/mol. The summed E-state index contributed by atoms with van der Waals surface area (Å²) in [6, 6.07) is 53.4. The molecule has 4 nitrogen and oxygen atoms in total. The molecule has 4 aromatic heterocycles. The van der Waals surface area contributed by atoms with E-state index in [4.69, 9.17) is 15.0 Å². The molecule has 0 N–H and O–H groups in total. The van der Waals surface area contributed by atoms with E-state index in [1.165, 1.54) is 16.2 Å². The Labute approximate surface area is 270 Å². The number of aromatic nitrogens is 4. The van der Waals surface area contributed by atoms with Gasteiger partial charge in [-0.05, 0) is 52.2 Å². The number of hydrogen-bond acceptors (Lipinski definition) is 3. The highest BCUT2D eigenvalue weighted by atomic mass is 15.0. The third-order valence-electron chi connectivity index (χ3n) is 9.35. The monoisotopic (exact) mass is 598 g/mol. The Morgan fingerprint density at radius 2 is 1.13 bits per heavy atom. The molecule has 47 heavy (non-hydrogen) atoms. The first kappa shape index (κ1) is 25.9. The molecule has 0 saturated heterocycles. The normalized spacial score (nSPS) is 11.8. The van der Waals surface area contributed by atoms with Crippen molar-refractivity contribution in [3.05, 3.63) is 158 Å². The Bertz CT molecular complexity index is 2850. The lowest BCUT2D eigenvalue weighted by Gasteiger charge is -2.14. The summed E-state index contributed by atoms with van der Waals surface area (Å²) in [4.78, 5) is 15.6. The number of imidazole rings is 1. The maximum absolute atomic E-state index is 5.33. The summed E-state index contributed by atoms with van der Waals surface area (Å²) in [6.45, 7) is 0. The number of hydrogen-bond donors (Lipinski definition) is 0. The fourth-order valence-electron chi connectivity index (χ4n) is 7.17. The summed E-state index contributed by atoms with van der Waals surface area (Å²) in [7, 11) is 0. The van der Waals surface area contributed by atoms with Crippen LogP contribution in [0, 0.1) is 0 Å². The van der Waals surface area contributed by atoms with Gasteiger partial charge in [-0.3, -0.25) is 4.40 Å². The van der Waals surface area contributed by atoms with E-state index < -0.39 is 0 Å². The molecule has 10 aromatic rings. The maximum Gasteiger partial charge on any atom is 0.137 e. The molecular weight excluding hydrogens is 573 g/mol. The molecule has 0 amide bonds. The number of fused-ring (bicyclic) bond motifs is 10. The smallest absolute Gasteiger partial charge is 0.137 e. The van der Waals surface area contributed by atoms with Crippen molar-refractivity contribution >= 4 is 60.0 Å². The molecule has 218 valence electrons. The second-order valence-electron chi connectivity index (χ2n) is 12.1. The lowest BCUT2D eigenvalue weighted by Crippen LogP contribution is -1.93. The van der Waals surface area contributed by atoms with E-state index in [0.29, 0.717) is 0 Å². The molecule has 0 bridgehead atoms. The van der Waals surface area contributed by atoms with Crippen LogP contribution in [0.15, 0.2) is 158 Å². The standard InChI is InChI=1S/C43H26N4/c1-2-12-28(13-3-1)40-35-23-20-27-11-4-5-16-32(27)39(35)33-22-21-30(26-37(33)45-40)29-14-10-15-31(25-29)41-43-42(34-17-6-7-18-36(34)44-41)46-38-19-8-9-24-47(38)43/h1-26H. The van der Waals surface area contributed by atoms with Crippen molar-refractivity contribution in [2.75, 3.05) is 0 Å². The van der Waals surface area contributed by atoms with Gasteiger partial charge in [0, 0.05) is 38.9 Å². The molecule has 6 aromatic carbocycles. The van der Waals surface area contributed by atoms with Crippen molar-refractivity contribution in [3.63, 3.8) is 0 Å². The highest BCUT2D eigenvalue weighted by Crippen LogP contribution is 2.39. The van der Waals surface area contributed by atoms with Crippen LogP contribution in [0.4, 0.5) is 0 Å². The molecule has 0 aliphatic carbocycles. The van der Waals surface area contributed by atoms with Crippen molar-refractivity contribution in [1.82, 2.24) is 19.4 Å². The lowest BCUT2D eigenvalue weighted by molar-refractivity contribution is 1.22. The van der Waals surface area contributed by atoms with Crippen molar-refractivity contribution in [2.24, 2.45) is 0 Å². The fourth-order valence-corrected chi connectivity index (χ4v) is 7.17. The van der Waals surface area contributed by atoms with Gasteiger partial charge in [0.15, 0.2) is 0 Å². The fraction of sp³-hybridized carbons (Fsp3) is 0. The highest BCUT2D eigenvalue weighted by Gasteiger charge is 2.18. The van der Waals surface area contributed by atoms with E-state index in [2.05, 4.69) is 138 Å². The number of rotatable bonds is 3. The van der Waals surface area contributed by atoms with E-state index in [9.17, 15) is 0 Å². The number of nitrogens with zero attached hydrogens (tertiary/aromatic N) is 4. The average molecular weight is 599 g/mol. The van der Waals surface area contributed by atoms with Gasteiger partial charge in [0.1, 0.15) is 11.2 Å². The van der Waals surface area contributed by atoms with Crippen LogP contribution in [0.1, 0.15) is 0 Å². The molecule has 0 fully saturated rings. The van der Waals surface area contributed by atoms with Gasteiger partial charge >= 0.3 is 0 Å². The summed E-state index contributed by atoms with van der Waals surface area (Å²) in [5, 5.41) is 7.08. The number of benzene rings is 6. The molecule has 0 aliphatic rings. The van der Waals surface area contributed by atoms with Crippen LogP contribution < -0.4 is 0 Å². The van der Waals surface area contributed by atoms with Gasteiger partial charge in [0.25, 0.3) is 0 Å². The minimum absolute atomic E-state index is 0.910. The zero-order chi connectivity index (χ0) is 30.9. The topological polar surface area (TPSA) is 43.1 Å². The minimum atomic E-state index is 0.910. The van der Waals surface area contributed by atoms with Gasteiger partial charge in [-0.1, -0.05) is 121 Å². The summed E-state index contributed by atoms with van der Waals surface area (Å²) < 4.78 is 2.15. The van der Waals surface area contributed by atoms with E-state index >= 15 is 0 Å². The van der Waals surface area contributed by atoms with Crippen LogP contribution in [0.5, 0.6) is 0 Å². The molecule has 0 atom stereocenters. The average Bonchev–Trinajstić information content (AvgIpc) is 3.54. The highest BCUT2D eigenvalue weighted by molar-refractivity contribution is 6.22. The second-order valence-corrected chi connectivity index (χ2v) is 12.1. The van der Waals surface area contributed by atoms with Crippen molar-refractivity contribution in [2.45, 2.75) is 0 Å². The van der Waals surface area contributed by atoms with Gasteiger partial charge in [0.05, 0.1) is 27.9 Å². The van der Waals surface area contributed by atoms with Crippen LogP contribution >= 0.6 is 0 Å². The summed E-state index contributed by atoms with van der Waals surface area (Å²) >= 11 is 0. The molecule has 4 heteroatoms. The molecule has 0 saturated carbocycles. The molecule has 0 unspecified atom stereocenters. The number of pyridine rings is 3. The van der Waals surface area contributed by atoms with Crippen LogP contribution in [-0.2, 0) is 0 Å². The Morgan fingerprint density at radius 3 is 2.06 bits per heavy atom. The molecule has 10 rings (SSSR count). The van der Waals surface area contributed by atoms with Gasteiger partial charge in [-0.15, -0.1) is 0 Å². The van der Waals surface area contributed by atoms with Crippen molar-refractivity contribution in [3.8, 4) is 33.6 Å². The van der Waals surface area contributed by atoms with Crippen LogP contribution in [-0.4, -0.2) is 19.4 Å². The zero-order valence-corrected chi connectivity index (χ0v) is 25.3. The second kappa shape index (κ2) is 10.1. The van der Waals surface area contributed by atoms with Crippen molar-refractivity contribution in [1.29, 1.82) is 0 Å². The van der Waals surface area contributed by atoms with Crippen LogP contribution in [0.3, 0.4) is 0 Å². The van der Waals surface area contributed by atoms with Crippen molar-refractivity contribution < 1.29 is 0 Å². The Hall–Kier alpha value is -6.39. The third-order valence-corrected chi connectivity index (χ3v) is 9.35. The quantitative estimate of drug-likeness (QED) is 0.190. The maximum atomic E-state index is 5.33. The summed E-state index contributed by atoms with van der Waals surface area (Å²) in [6.07, 6.45) is 2.07. The SMILES string of the molecule is c1ccc(-c2nc3cc(-c4cccc(-c5nc6ccccc6c6nc7ccccn7c56)c4)ccc3c3c2ccc2ccccc23)cc1. The van der Waals surface area contributed by atoms with Gasteiger partial charge < -0.3 is 0 Å². The van der Waals surface area contributed by atoms with E-state index in [0.717, 1.165) is 77.5 Å². The van der Waals surface area contributed by atoms with E-state index in [-0.39, 0.29) is 0 Å². The lowest BCUT2D eigenvalue weighted by atomic mass is 9.93. The van der Waals surface area contributed by atoms with Gasteiger partial charge in [-0.2, -0.15) is 0 Å². The van der Waals surface area contributed by atoms with Gasteiger partial charge in [-0.25, -0.2) is 15.0 Å². The van der Waals surface area contributed by atoms with Crippen LogP contribution in [0.2, 0.25) is 0 Å². The van der Waals surface area contributed by atoms with E-state index in [1.54, 1.807) is 0 Å². The molecule has 0 spiro atoms. The minimum Gasteiger partial charge on any atom is -0.298 e. The molecule has 0 radical (unpaired) electrons. The largest absolute Gasteiger partial charge is 0.298 e. The molecule has 0 aliphatic heterocycles. The first-order valence-electron chi connectivity index (χ1n) is 15.9. The Morgan fingerprint density at radius 1 is 0.404 bits per heavy atom. The Kier molecular flexibility index (Phi) is 5.54. The van der Waals surface area contributed by atoms with Crippen LogP contribution in [0.25, 0.3) is 93.7 Å².